The zero-order chi connectivity index (χ0) is 13.7. The van der Waals surface area contributed by atoms with Crippen LogP contribution < -0.4 is 0 Å². The predicted molar refractivity (Wildman–Crippen MR) is 64.1 cm³/mol. The monoisotopic (exact) mass is 277 g/mol. The molecule has 1 aliphatic rings. The molecule has 0 aromatic carbocycles. The van der Waals surface area contributed by atoms with Crippen molar-refractivity contribution in [2.24, 2.45) is 0 Å². The lowest BCUT2D eigenvalue weighted by molar-refractivity contribution is -0.136. The molecule has 1 aliphatic carbocycles. The number of aryl methyl sites for hydroxylation is 1. The highest BCUT2D eigenvalue weighted by atomic mass is 32.1. The van der Waals surface area contributed by atoms with Gasteiger partial charge < -0.3 is 4.74 Å². The van der Waals surface area contributed by atoms with E-state index in [0.717, 1.165) is 18.0 Å². The molecule has 0 bridgehead atoms. The fourth-order valence-corrected chi connectivity index (χ4v) is 2.57. The third-order valence-corrected chi connectivity index (χ3v) is 3.32. The van der Waals surface area contributed by atoms with Crippen molar-refractivity contribution in [2.75, 3.05) is 0 Å². The highest BCUT2D eigenvalue weighted by Crippen LogP contribution is 2.25. The summed E-state index contributed by atoms with van der Waals surface area (Å²) < 4.78 is 6.06. The number of ether oxygens (including phenoxy) is 1. The number of aromatic nitrogens is 3. The molecule has 8 heteroatoms. The Hall–Kier alpha value is -2.35. The van der Waals surface area contributed by atoms with Gasteiger partial charge in [-0.25, -0.2) is 4.98 Å². The molecule has 2 aromatic rings. The van der Waals surface area contributed by atoms with Crippen molar-refractivity contribution in [3.05, 3.63) is 28.2 Å². The average molecular weight is 277 g/mol. The third-order valence-electron chi connectivity index (χ3n) is 2.49. The molecule has 0 atom stereocenters. The van der Waals surface area contributed by atoms with E-state index in [2.05, 4.69) is 10.1 Å². The lowest BCUT2D eigenvalue weighted by atomic mass is 10.0. The van der Waals surface area contributed by atoms with Gasteiger partial charge in [-0.2, -0.15) is 9.61 Å². The van der Waals surface area contributed by atoms with E-state index in [4.69, 9.17) is 4.74 Å². The molecule has 7 nitrogen and oxygen atoms in total. The van der Waals surface area contributed by atoms with Crippen molar-refractivity contribution in [2.45, 2.75) is 13.8 Å². The van der Waals surface area contributed by atoms with Gasteiger partial charge in [0.05, 0.1) is 0 Å². The molecule has 0 spiro atoms. The summed E-state index contributed by atoms with van der Waals surface area (Å²) in [7, 11) is 0. The summed E-state index contributed by atoms with van der Waals surface area (Å²) in [6, 6.07) is 0. The van der Waals surface area contributed by atoms with E-state index in [1.165, 1.54) is 15.9 Å². The second kappa shape index (κ2) is 3.82. The molecule has 0 N–H and O–H groups in total. The first-order valence-corrected chi connectivity index (χ1v) is 6.14. The van der Waals surface area contributed by atoms with Crippen LogP contribution in [0.3, 0.4) is 0 Å². The Labute approximate surface area is 110 Å². The molecule has 0 amide bonds. The Morgan fingerprint density at radius 1 is 1.42 bits per heavy atom. The van der Waals surface area contributed by atoms with Crippen molar-refractivity contribution in [3.8, 4) is 0 Å². The van der Waals surface area contributed by atoms with Crippen LogP contribution in [-0.4, -0.2) is 32.1 Å². The number of ketones is 2. The minimum Gasteiger partial charge on any atom is -0.422 e. The normalized spacial score (nSPS) is 14.5. The lowest BCUT2D eigenvalue weighted by Gasteiger charge is -2.09. The molecule has 19 heavy (non-hydrogen) atoms. The second-order valence-electron chi connectivity index (χ2n) is 3.92. The Balaban J connectivity index is 2.18. The Morgan fingerprint density at radius 2 is 2.16 bits per heavy atom. The molecule has 0 unspecified atom stereocenters. The summed E-state index contributed by atoms with van der Waals surface area (Å²) in [5, 5.41) is 4.86. The van der Waals surface area contributed by atoms with E-state index in [-0.39, 0.29) is 17.1 Å². The van der Waals surface area contributed by atoms with Crippen molar-refractivity contribution >= 4 is 33.8 Å². The number of hydrogen-bond donors (Lipinski definition) is 0. The molecule has 0 aliphatic heterocycles. The van der Waals surface area contributed by atoms with E-state index in [9.17, 15) is 14.4 Å². The van der Waals surface area contributed by atoms with Crippen LogP contribution in [0.15, 0.2) is 11.8 Å². The predicted octanol–water partition coefficient (Wildman–Crippen LogP) is 0.925. The minimum atomic E-state index is -0.661. The van der Waals surface area contributed by atoms with Crippen molar-refractivity contribution in [3.63, 3.8) is 0 Å². The highest BCUT2D eigenvalue weighted by molar-refractivity contribution is 7.16. The summed E-state index contributed by atoms with van der Waals surface area (Å²) in [5.41, 5.74) is 0.0859. The first-order chi connectivity index (χ1) is 8.97. The Morgan fingerprint density at radius 3 is 2.84 bits per heavy atom. The van der Waals surface area contributed by atoms with E-state index >= 15 is 0 Å². The fourth-order valence-electron chi connectivity index (χ4n) is 1.82. The molecule has 2 heterocycles. The number of rotatable bonds is 1. The standard InChI is InChI=1S/C11H7N3O4S/c1-4-13-14-9-6(16)3-7(18-5(2)15)10(17)8(9)12-11(14)19-4/h3H,1-2H3. The smallest absolute Gasteiger partial charge is 0.308 e. The maximum atomic E-state index is 12.1. The van der Waals surface area contributed by atoms with Crippen molar-refractivity contribution < 1.29 is 19.1 Å². The molecular formula is C11H7N3O4S. The van der Waals surface area contributed by atoms with Gasteiger partial charge in [0.25, 0.3) is 0 Å². The van der Waals surface area contributed by atoms with Crippen LogP contribution in [0.1, 0.15) is 32.9 Å². The van der Waals surface area contributed by atoms with Crippen LogP contribution in [-0.2, 0) is 9.53 Å². The van der Waals surface area contributed by atoms with Crippen LogP contribution in [0.2, 0.25) is 0 Å². The SMILES string of the molecule is CC(=O)OC1=CC(=O)c2c(nc3sc(C)nn23)C1=O. The van der Waals surface area contributed by atoms with Crippen LogP contribution in [0.4, 0.5) is 0 Å². The van der Waals surface area contributed by atoms with Gasteiger partial charge in [0.15, 0.2) is 5.76 Å². The number of esters is 1. The number of hydrogen-bond acceptors (Lipinski definition) is 7. The van der Waals surface area contributed by atoms with Gasteiger partial charge in [-0.1, -0.05) is 11.3 Å². The van der Waals surface area contributed by atoms with Gasteiger partial charge in [0.2, 0.25) is 16.5 Å². The fraction of sp³-hybridized carbons (Fsp3) is 0.182. The number of Topliss-reactive ketones (excluding diaryl/α,β-unsaturated/α-hetero) is 1. The molecule has 0 saturated heterocycles. The first-order valence-electron chi connectivity index (χ1n) is 5.32. The summed E-state index contributed by atoms with van der Waals surface area (Å²) >= 11 is 1.27. The molecule has 0 radical (unpaired) electrons. The topological polar surface area (TPSA) is 90.6 Å². The van der Waals surface area contributed by atoms with E-state index in [1.54, 1.807) is 6.92 Å². The number of fused-ring (bicyclic) bond motifs is 3. The van der Waals surface area contributed by atoms with Crippen LogP contribution in [0.25, 0.3) is 4.96 Å². The first kappa shape index (κ1) is 11.7. The Bertz CT molecular complexity index is 783. The average Bonchev–Trinajstić information content (AvgIpc) is 2.80. The molecule has 96 valence electrons. The van der Waals surface area contributed by atoms with Gasteiger partial charge in [0, 0.05) is 13.0 Å². The minimum absolute atomic E-state index is 0.0255. The quantitative estimate of drug-likeness (QED) is 0.720. The lowest BCUT2D eigenvalue weighted by Crippen LogP contribution is -2.21. The maximum absolute atomic E-state index is 12.1. The van der Waals surface area contributed by atoms with Gasteiger partial charge >= 0.3 is 5.97 Å². The van der Waals surface area contributed by atoms with E-state index < -0.39 is 17.5 Å². The number of carbonyl (C=O) groups excluding carboxylic acids is 3. The summed E-state index contributed by atoms with van der Waals surface area (Å²) in [4.78, 5) is 39.5. The van der Waals surface area contributed by atoms with Crippen LogP contribution >= 0.6 is 11.3 Å². The summed E-state index contributed by atoms with van der Waals surface area (Å²) in [6.45, 7) is 2.94. The third kappa shape index (κ3) is 1.68. The summed E-state index contributed by atoms with van der Waals surface area (Å²) in [6.07, 6.45) is 0.995. The Kier molecular flexibility index (Phi) is 2.36. The highest BCUT2D eigenvalue weighted by Gasteiger charge is 2.33. The number of imidazole rings is 1. The molecular weight excluding hydrogens is 270 g/mol. The van der Waals surface area contributed by atoms with Crippen LogP contribution in [0, 0.1) is 6.92 Å². The van der Waals surface area contributed by atoms with Gasteiger partial charge in [-0.15, -0.1) is 0 Å². The molecule has 0 saturated carbocycles. The maximum Gasteiger partial charge on any atom is 0.308 e. The summed E-state index contributed by atoms with van der Waals surface area (Å²) in [5.74, 6) is -2.00. The van der Waals surface area contributed by atoms with Gasteiger partial charge in [-0.05, 0) is 6.92 Å². The van der Waals surface area contributed by atoms with Crippen molar-refractivity contribution in [1.29, 1.82) is 0 Å². The van der Waals surface area contributed by atoms with E-state index in [1.807, 2.05) is 0 Å². The second-order valence-corrected chi connectivity index (χ2v) is 5.08. The van der Waals surface area contributed by atoms with E-state index in [0.29, 0.717) is 4.96 Å². The molecule has 0 fully saturated rings. The van der Waals surface area contributed by atoms with Gasteiger partial charge in [-0.3, -0.25) is 14.4 Å². The number of allylic oxidation sites excluding steroid dienone is 2. The molecule has 2 aromatic heterocycles. The van der Waals surface area contributed by atoms with Crippen LogP contribution in [0.5, 0.6) is 0 Å². The number of carbonyl (C=O) groups is 3. The largest absolute Gasteiger partial charge is 0.422 e. The zero-order valence-corrected chi connectivity index (χ0v) is 10.8. The number of nitrogens with zero attached hydrogens (tertiary/aromatic N) is 3. The zero-order valence-electron chi connectivity index (χ0n) is 9.96. The molecule has 3 rings (SSSR count). The van der Waals surface area contributed by atoms with Gasteiger partial charge in [0.1, 0.15) is 16.4 Å². The van der Waals surface area contributed by atoms with Crippen molar-refractivity contribution in [1.82, 2.24) is 14.6 Å².